The second kappa shape index (κ2) is 5.02. The highest BCUT2D eigenvalue weighted by atomic mass is 35.5. The van der Waals surface area contributed by atoms with Gasteiger partial charge in [0.25, 0.3) is 0 Å². The molecule has 1 aromatic heterocycles. The van der Waals surface area contributed by atoms with E-state index in [1.165, 1.54) is 24.1 Å². The van der Waals surface area contributed by atoms with Crippen LogP contribution in [0, 0.1) is 0 Å². The van der Waals surface area contributed by atoms with E-state index in [1.807, 2.05) is 0 Å². The van der Waals surface area contributed by atoms with Crippen LogP contribution in [0.25, 0.3) is 0 Å². The lowest BCUT2D eigenvalue weighted by molar-refractivity contribution is 0.311. The van der Waals surface area contributed by atoms with E-state index >= 15 is 0 Å². The van der Waals surface area contributed by atoms with E-state index in [-0.39, 0.29) is 0 Å². The van der Waals surface area contributed by atoms with E-state index in [1.54, 1.807) is 0 Å². The fraction of sp³-hybridized carbons (Fsp3) is 0.692. The van der Waals surface area contributed by atoms with Crippen LogP contribution < -0.4 is 4.90 Å². The normalized spacial score (nSPS) is 20.9. The Balaban J connectivity index is 1.86. The maximum absolute atomic E-state index is 6.31. The Morgan fingerprint density at radius 3 is 2.50 bits per heavy atom. The summed E-state index contributed by atoms with van der Waals surface area (Å²) < 4.78 is 0. The Kier molecular flexibility index (Phi) is 3.39. The zero-order chi connectivity index (χ0) is 12.5. The van der Waals surface area contributed by atoms with Gasteiger partial charge in [0.2, 0.25) is 5.95 Å². The van der Waals surface area contributed by atoms with Crippen LogP contribution >= 0.6 is 11.6 Å². The van der Waals surface area contributed by atoms with Crippen molar-refractivity contribution in [1.82, 2.24) is 14.9 Å². The van der Waals surface area contributed by atoms with E-state index in [0.29, 0.717) is 5.15 Å². The van der Waals surface area contributed by atoms with Crippen molar-refractivity contribution in [3.63, 3.8) is 0 Å². The number of nitrogens with zero attached hydrogens (tertiary/aromatic N) is 4. The van der Waals surface area contributed by atoms with E-state index in [9.17, 15) is 0 Å². The van der Waals surface area contributed by atoms with Crippen LogP contribution in [0.5, 0.6) is 0 Å². The number of hydrogen-bond donors (Lipinski definition) is 0. The molecule has 3 rings (SSSR count). The summed E-state index contributed by atoms with van der Waals surface area (Å²) in [6.07, 6.45) is 4.53. The predicted octanol–water partition coefficient (Wildman–Crippen LogP) is 1.76. The molecule has 0 amide bonds. The molecule has 0 atom stereocenters. The van der Waals surface area contributed by atoms with Gasteiger partial charge in [-0.15, -0.1) is 0 Å². The fourth-order valence-corrected chi connectivity index (χ4v) is 2.96. The first-order valence-electron chi connectivity index (χ1n) is 6.73. The molecule has 0 spiro atoms. The lowest BCUT2D eigenvalue weighted by Gasteiger charge is -2.33. The number of aromatic nitrogens is 2. The standard InChI is InChI=1S/C13H19ClN4/c1-17-6-8-18(9-7-17)13-15-11-5-3-2-4-10(11)12(14)16-13/h2-9H2,1H3. The predicted molar refractivity (Wildman–Crippen MR) is 73.4 cm³/mol. The fourth-order valence-electron chi connectivity index (χ4n) is 2.68. The van der Waals surface area contributed by atoms with Crippen LogP contribution in [0.15, 0.2) is 0 Å². The maximum atomic E-state index is 6.31. The maximum Gasteiger partial charge on any atom is 0.227 e. The Labute approximate surface area is 113 Å². The Bertz CT molecular complexity index is 441. The smallest absolute Gasteiger partial charge is 0.227 e. The van der Waals surface area contributed by atoms with Crippen molar-refractivity contribution in [2.75, 3.05) is 38.1 Å². The van der Waals surface area contributed by atoms with Gasteiger partial charge in [0.05, 0.1) is 5.69 Å². The van der Waals surface area contributed by atoms with E-state index in [2.05, 4.69) is 21.8 Å². The summed E-state index contributed by atoms with van der Waals surface area (Å²) in [6.45, 7) is 4.12. The van der Waals surface area contributed by atoms with Crippen molar-refractivity contribution in [3.05, 3.63) is 16.4 Å². The number of anilines is 1. The molecule has 2 heterocycles. The molecular formula is C13H19ClN4. The Hall–Kier alpha value is -0.870. The zero-order valence-electron chi connectivity index (χ0n) is 10.8. The SMILES string of the molecule is CN1CCN(c2nc(Cl)c3c(n2)CCCC3)CC1. The minimum Gasteiger partial charge on any atom is -0.338 e. The molecule has 0 radical (unpaired) electrons. The Morgan fingerprint density at radius 1 is 1.00 bits per heavy atom. The highest BCUT2D eigenvalue weighted by Gasteiger charge is 2.21. The van der Waals surface area contributed by atoms with Gasteiger partial charge in [0, 0.05) is 31.7 Å². The van der Waals surface area contributed by atoms with Crippen LogP contribution in [0.4, 0.5) is 5.95 Å². The van der Waals surface area contributed by atoms with Crippen molar-refractivity contribution in [2.24, 2.45) is 0 Å². The molecule has 1 fully saturated rings. The molecule has 1 aliphatic heterocycles. The highest BCUT2D eigenvalue weighted by molar-refractivity contribution is 6.30. The summed E-state index contributed by atoms with van der Waals surface area (Å²) >= 11 is 6.31. The van der Waals surface area contributed by atoms with Crippen LogP contribution in [0.2, 0.25) is 5.15 Å². The van der Waals surface area contributed by atoms with Gasteiger partial charge in [0.15, 0.2) is 0 Å². The molecule has 0 aromatic carbocycles. The first-order valence-corrected chi connectivity index (χ1v) is 7.10. The third kappa shape index (κ3) is 2.31. The van der Waals surface area contributed by atoms with Crippen molar-refractivity contribution in [2.45, 2.75) is 25.7 Å². The molecule has 1 aromatic rings. The topological polar surface area (TPSA) is 32.3 Å². The van der Waals surface area contributed by atoms with E-state index in [0.717, 1.165) is 45.0 Å². The van der Waals surface area contributed by atoms with Gasteiger partial charge in [-0.2, -0.15) is 0 Å². The van der Waals surface area contributed by atoms with Crippen LogP contribution in [0.3, 0.4) is 0 Å². The molecule has 2 aliphatic rings. The van der Waals surface area contributed by atoms with Crippen LogP contribution in [-0.4, -0.2) is 48.1 Å². The van der Waals surface area contributed by atoms with Crippen molar-refractivity contribution < 1.29 is 0 Å². The van der Waals surface area contributed by atoms with Crippen LogP contribution in [-0.2, 0) is 12.8 Å². The lowest BCUT2D eigenvalue weighted by atomic mass is 9.97. The van der Waals surface area contributed by atoms with Crippen molar-refractivity contribution in [1.29, 1.82) is 0 Å². The van der Waals surface area contributed by atoms with Gasteiger partial charge >= 0.3 is 0 Å². The third-order valence-electron chi connectivity index (χ3n) is 3.91. The van der Waals surface area contributed by atoms with Crippen molar-refractivity contribution >= 4 is 17.5 Å². The molecular weight excluding hydrogens is 248 g/mol. The number of halogens is 1. The quantitative estimate of drug-likeness (QED) is 0.725. The molecule has 1 saturated heterocycles. The van der Waals surface area contributed by atoms with Gasteiger partial charge in [-0.25, -0.2) is 9.97 Å². The summed E-state index contributed by atoms with van der Waals surface area (Å²) in [4.78, 5) is 13.8. The van der Waals surface area contributed by atoms with E-state index < -0.39 is 0 Å². The largest absolute Gasteiger partial charge is 0.338 e. The number of aryl methyl sites for hydroxylation is 1. The first-order chi connectivity index (χ1) is 8.74. The monoisotopic (exact) mass is 266 g/mol. The minimum atomic E-state index is 0.675. The van der Waals surface area contributed by atoms with Crippen molar-refractivity contribution in [3.8, 4) is 0 Å². The average Bonchev–Trinajstić information content (AvgIpc) is 2.39. The molecule has 4 nitrogen and oxygen atoms in total. The first kappa shape index (κ1) is 12.2. The summed E-state index contributed by atoms with van der Waals surface area (Å²) in [7, 11) is 2.15. The molecule has 0 unspecified atom stereocenters. The molecule has 0 bridgehead atoms. The van der Waals surface area contributed by atoms with Crippen LogP contribution in [0.1, 0.15) is 24.1 Å². The van der Waals surface area contributed by atoms with Gasteiger partial charge in [0.1, 0.15) is 5.15 Å². The minimum absolute atomic E-state index is 0.675. The molecule has 1 aliphatic carbocycles. The number of fused-ring (bicyclic) bond motifs is 1. The summed E-state index contributed by atoms with van der Waals surface area (Å²) in [6, 6.07) is 0. The molecule has 5 heteroatoms. The van der Waals surface area contributed by atoms with Gasteiger partial charge in [-0.1, -0.05) is 11.6 Å². The molecule has 98 valence electrons. The average molecular weight is 267 g/mol. The number of rotatable bonds is 1. The molecule has 0 N–H and O–H groups in total. The van der Waals surface area contributed by atoms with Gasteiger partial charge < -0.3 is 9.80 Å². The number of likely N-dealkylation sites (N-methyl/N-ethyl adjacent to an activating group) is 1. The highest BCUT2D eigenvalue weighted by Crippen LogP contribution is 2.27. The molecule has 0 saturated carbocycles. The number of hydrogen-bond acceptors (Lipinski definition) is 4. The summed E-state index contributed by atoms with van der Waals surface area (Å²) in [5.41, 5.74) is 2.36. The molecule has 18 heavy (non-hydrogen) atoms. The van der Waals surface area contributed by atoms with E-state index in [4.69, 9.17) is 16.6 Å². The Morgan fingerprint density at radius 2 is 1.72 bits per heavy atom. The lowest BCUT2D eigenvalue weighted by Crippen LogP contribution is -2.45. The van der Waals surface area contributed by atoms with Gasteiger partial charge in [-0.05, 0) is 32.7 Å². The van der Waals surface area contributed by atoms with Gasteiger partial charge in [-0.3, -0.25) is 0 Å². The third-order valence-corrected chi connectivity index (χ3v) is 4.22. The summed E-state index contributed by atoms with van der Waals surface area (Å²) in [5.74, 6) is 0.828. The second-order valence-corrected chi connectivity index (χ2v) is 5.60. The number of piperazine rings is 1. The second-order valence-electron chi connectivity index (χ2n) is 5.24. The zero-order valence-corrected chi connectivity index (χ0v) is 11.6. The summed E-state index contributed by atoms with van der Waals surface area (Å²) in [5, 5.41) is 0.675.